The summed E-state index contributed by atoms with van der Waals surface area (Å²) in [7, 11) is 0. The number of aromatic amines is 2. The normalized spacial score (nSPS) is 11.5. The third-order valence-corrected chi connectivity index (χ3v) is 5.84. The molecular formula is C26H18FN5O. The van der Waals surface area contributed by atoms with Crippen LogP contribution in [0.15, 0.2) is 73.1 Å². The van der Waals surface area contributed by atoms with E-state index in [0.29, 0.717) is 11.3 Å². The number of aryl methyl sites for hydroxylation is 1. The highest BCUT2D eigenvalue weighted by Crippen LogP contribution is 2.35. The molecule has 6 nitrogen and oxygen atoms in total. The van der Waals surface area contributed by atoms with E-state index in [4.69, 9.17) is 4.98 Å². The van der Waals surface area contributed by atoms with Gasteiger partial charge in [0.2, 0.25) is 0 Å². The molecule has 3 N–H and O–H groups in total. The Morgan fingerprint density at radius 2 is 1.85 bits per heavy atom. The first kappa shape index (κ1) is 19.2. The standard InChI is InChI=1S/C26H18FN5O/c1-14-7-8-28-13-20(14)22-5-6-23-25(30-22)26(32-31-23)24-12-19-18(3-2-4-21(19)29-24)15-9-16(27)11-17(33)10-15/h2-13,29,33H,1H3,(H,31,32). The average Bonchev–Trinajstić information content (AvgIpc) is 3.42. The van der Waals surface area contributed by atoms with Crippen LogP contribution < -0.4 is 0 Å². The van der Waals surface area contributed by atoms with Crippen molar-refractivity contribution in [3.63, 3.8) is 0 Å². The Labute approximate surface area is 187 Å². The highest BCUT2D eigenvalue weighted by Gasteiger charge is 2.16. The van der Waals surface area contributed by atoms with Gasteiger partial charge in [0.1, 0.15) is 22.8 Å². The van der Waals surface area contributed by atoms with Gasteiger partial charge in [0.15, 0.2) is 0 Å². The largest absolute Gasteiger partial charge is 0.508 e. The summed E-state index contributed by atoms with van der Waals surface area (Å²) in [5.41, 5.74) is 8.22. The second-order valence-corrected chi connectivity index (χ2v) is 8.00. The molecule has 7 heteroatoms. The highest BCUT2D eigenvalue weighted by atomic mass is 19.1. The summed E-state index contributed by atoms with van der Waals surface area (Å²) in [6, 6.07) is 17.7. The molecule has 0 bridgehead atoms. The Kier molecular flexibility index (Phi) is 4.23. The SMILES string of the molecule is Cc1ccncc1-c1ccc2[nH]nc(-c3cc4c(-c5cc(O)cc(F)c5)cccc4[nH]3)c2n1. The number of nitrogens with one attached hydrogen (secondary N) is 2. The van der Waals surface area contributed by atoms with Crippen LogP contribution in [-0.4, -0.2) is 30.3 Å². The minimum absolute atomic E-state index is 0.113. The van der Waals surface area contributed by atoms with Gasteiger partial charge < -0.3 is 10.1 Å². The number of rotatable bonds is 3. The van der Waals surface area contributed by atoms with E-state index in [9.17, 15) is 9.50 Å². The zero-order valence-corrected chi connectivity index (χ0v) is 17.6. The summed E-state index contributed by atoms with van der Waals surface area (Å²) < 4.78 is 13.9. The first-order valence-electron chi connectivity index (χ1n) is 10.4. The molecule has 0 aliphatic carbocycles. The zero-order valence-electron chi connectivity index (χ0n) is 17.6. The number of H-pyrrole nitrogens is 2. The molecule has 0 radical (unpaired) electrons. The number of halogens is 1. The lowest BCUT2D eigenvalue weighted by Gasteiger charge is -2.05. The van der Waals surface area contributed by atoms with Crippen LogP contribution in [0.3, 0.4) is 0 Å². The molecule has 0 atom stereocenters. The number of benzene rings is 2. The molecule has 4 heterocycles. The molecule has 0 fully saturated rings. The summed E-state index contributed by atoms with van der Waals surface area (Å²) in [4.78, 5) is 12.5. The Bertz CT molecular complexity index is 1650. The van der Waals surface area contributed by atoms with Crippen molar-refractivity contribution in [1.29, 1.82) is 0 Å². The molecule has 33 heavy (non-hydrogen) atoms. The second-order valence-electron chi connectivity index (χ2n) is 8.00. The predicted octanol–water partition coefficient (Wildman–Crippen LogP) is 5.99. The summed E-state index contributed by atoms with van der Waals surface area (Å²) in [6.45, 7) is 2.03. The van der Waals surface area contributed by atoms with Crippen molar-refractivity contribution in [2.75, 3.05) is 0 Å². The van der Waals surface area contributed by atoms with E-state index >= 15 is 0 Å². The van der Waals surface area contributed by atoms with E-state index in [2.05, 4.69) is 20.2 Å². The Hall–Kier alpha value is -4.52. The van der Waals surface area contributed by atoms with Crippen LogP contribution in [0.4, 0.5) is 4.39 Å². The van der Waals surface area contributed by atoms with Crippen LogP contribution >= 0.6 is 0 Å². The molecule has 0 aliphatic heterocycles. The summed E-state index contributed by atoms with van der Waals surface area (Å²) in [5.74, 6) is -0.600. The number of phenolic OH excluding ortho intramolecular Hbond substituents is 1. The second kappa shape index (κ2) is 7.27. The van der Waals surface area contributed by atoms with Crippen molar-refractivity contribution in [3.05, 3.63) is 84.4 Å². The Balaban J connectivity index is 1.52. The highest BCUT2D eigenvalue weighted by molar-refractivity contribution is 6.00. The van der Waals surface area contributed by atoms with Crippen LogP contribution in [0, 0.1) is 12.7 Å². The molecular weight excluding hydrogens is 417 g/mol. The topological polar surface area (TPSA) is 90.5 Å². The molecule has 6 aromatic rings. The Morgan fingerprint density at radius 3 is 2.70 bits per heavy atom. The fourth-order valence-corrected chi connectivity index (χ4v) is 4.23. The minimum atomic E-state index is -0.488. The first-order chi connectivity index (χ1) is 16.1. The number of hydrogen-bond acceptors (Lipinski definition) is 4. The van der Waals surface area contributed by atoms with Gasteiger partial charge in [-0.25, -0.2) is 9.37 Å². The van der Waals surface area contributed by atoms with Gasteiger partial charge in [-0.1, -0.05) is 12.1 Å². The van der Waals surface area contributed by atoms with Crippen LogP contribution in [0.5, 0.6) is 5.75 Å². The number of hydrogen-bond donors (Lipinski definition) is 3. The van der Waals surface area contributed by atoms with Crippen molar-refractivity contribution in [2.24, 2.45) is 0 Å². The van der Waals surface area contributed by atoms with E-state index in [1.165, 1.54) is 6.07 Å². The molecule has 4 aromatic heterocycles. The summed E-state index contributed by atoms with van der Waals surface area (Å²) in [6.07, 6.45) is 3.58. The molecule has 0 saturated heterocycles. The van der Waals surface area contributed by atoms with E-state index in [1.54, 1.807) is 12.3 Å². The molecule has 0 spiro atoms. The number of aromatic hydroxyl groups is 1. The molecule has 0 amide bonds. The maximum atomic E-state index is 13.9. The number of nitrogens with zero attached hydrogens (tertiary/aromatic N) is 3. The van der Waals surface area contributed by atoms with Crippen molar-refractivity contribution in [3.8, 4) is 39.5 Å². The Morgan fingerprint density at radius 1 is 0.939 bits per heavy atom. The van der Waals surface area contributed by atoms with Gasteiger partial charge in [0.25, 0.3) is 0 Å². The fourth-order valence-electron chi connectivity index (χ4n) is 4.23. The molecule has 2 aromatic carbocycles. The maximum Gasteiger partial charge on any atom is 0.135 e. The summed E-state index contributed by atoms with van der Waals surface area (Å²) >= 11 is 0. The third kappa shape index (κ3) is 3.22. The summed E-state index contributed by atoms with van der Waals surface area (Å²) in [5, 5.41) is 18.3. The van der Waals surface area contributed by atoms with Gasteiger partial charge in [0.05, 0.1) is 16.9 Å². The van der Waals surface area contributed by atoms with Crippen molar-refractivity contribution in [2.45, 2.75) is 6.92 Å². The molecule has 160 valence electrons. The van der Waals surface area contributed by atoms with Gasteiger partial charge in [-0.2, -0.15) is 5.10 Å². The smallest absolute Gasteiger partial charge is 0.135 e. The average molecular weight is 435 g/mol. The van der Waals surface area contributed by atoms with E-state index < -0.39 is 5.82 Å². The van der Waals surface area contributed by atoms with Gasteiger partial charge in [-0.15, -0.1) is 0 Å². The lowest BCUT2D eigenvalue weighted by molar-refractivity contribution is 0.469. The van der Waals surface area contributed by atoms with Crippen LogP contribution in [-0.2, 0) is 0 Å². The fraction of sp³-hybridized carbons (Fsp3) is 0.0385. The van der Waals surface area contributed by atoms with Crippen molar-refractivity contribution in [1.82, 2.24) is 25.1 Å². The number of pyridine rings is 2. The van der Waals surface area contributed by atoms with Crippen LogP contribution in [0.25, 0.3) is 55.7 Å². The van der Waals surface area contributed by atoms with Gasteiger partial charge in [-0.3, -0.25) is 10.1 Å². The van der Waals surface area contributed by atoms with Gasteiger partial charge in [-0.05, 0) is 66.1 Å². The first-order valence-corrected chi connectivity index (χ1v) is 10.4. The molecule has 6 rings (SSSR count). The minimum Gasteiger partial charge on any atom is -0.508 e. The maximum absolute atomic E-state index is 13.9. The van der Waals surface area contributed by atoms with Gasteiger partial charge >= 0.3 is 0 Å². The van der Waals surface area contributed by atoms with Crippen LogP contribution in [0.1, 0.15) is 5.56 Å². The van der Waals surface area contributed by atoms with E-state index in [-0.39, 0.29) is 5.75 Å². The predicted molar refractivity (Wildman–Crippen MR) is 126 cm³/mol. The quantitative estimate of drug-likeness (QED) is 0.319. The van der Waals surface area contributed by atoms with Crippen molar-refractivity contribution < 1.29 is 9.50 Å². The third-order valence-electron chi connectivity index (χ3n) is 5.84. The zero-order chi connectivity index (χ0) is 22.5. The van der Waals surface area contributed by atoms with Crippen molar-refractivity contribution >= 4 is 21.9 Å². The lowest BCUT2D eigenvalue weighted by Crippen LogP contribution is -1.89. The molecule has 0 saturated carbocycles. The van der Waals surface area contributed by atoms with E-state index in [1.807, 2.05) is 55.6 Å². The monoisotopic (exact) mass is 435 g/mol. The van der Waals surface area contributed by atoms with Crippen LogP contribution in [0.2, 0.25) is 0 Å². The lowest BCUT2D eigenvalue weighted by atomic mass is 10.0. The molecule has 0 aliphatic rings. The molecule has 0 unspecified atom stereocenters. The number of fused-ring (bicyclic) bond motifs is 2. The number of phenols is 1. The number of aromatic nitrogens is 5. The van der Waals surface area contributed by atoms with Gasteiger partial charge in [0, 0.05) is 34.9 Å². The van der Waals surface area contributed by atoms with E-state index in [0.717, 1.165) is 56.1 Å².